The van der Waals surface area contributed by atoms with Crippen LogP contribution in [0.15, 0.2) is 12.1 Å². The summed E-state index contributed by atoms with van der Waals surface area (Å²) in [6.07, 6.45) is 1.77. The average Bonchev–Trinajstić information content (AvgIpc) is 2.96. The summed E-state index contributed by atoms with van der Waals surface area (Å²) in [4.78, 5) is 15.1. The first-order chi connectivity index (χ1) is 14.1. The molecule has 2 aliphatic rings. The highest BCUT2D eigenvalue weighted by molar-refractivity contribution is 5.98. The second kappa shape index (κ2) is 10.8. The first-order valence-electron chi connectivity index (χ1n) is 10.3. The van der Waals surface area contributed by atoms with E-state index in [-0.39, 0.29) is 18.4 Å². The number of nitrogens with one attached hydrogen (secondary N) is 1. The van der Waals surface area contributed by atoms with E-state index < -0.39 is 6.10 Å². The van der Waals surface area contributed by atoms with Gasteiger partial charge < -0.3 is 34.6 Å². The van der Waals surface area contributed by atoms with Gasteiger partial charge in [0.25, 0.3) is 5.91 Å². The lowest BCUT2D eigenvalue weighted by Crippen LogP contribution is -2.48. The fraction of sp³-hybridized carbons (Fsp3) is 0.667. The highest BCUT2D eigenvalue weighted by Gasteiger charge is 2.28. The van der Waals surface area contributed by atoms with Gasteiger partial charge in [-0.1, -0.05) is 0 Å². The number of ether oxygens (including phenoxy) is 3. The molecule has 162 valence electrons. The third-order valence-corrected chi connectivity index (χ3v) is 5.43. The van der Waals surface area contributed by atoms with Gasteiger partial charge in [-0.25, -0.2) is 0 Å². The van der Waals surface area contributed by atoms with Gasteiger partial charge in [0, 0.05) is 45.7 Å². The van der Waals surface area contributed by atoms with Crippen molar-refractivity contribution in [3.8, 4) is 11.5 Å². The van der Waals surface area contributed by atoms with Crippen LogP contribution in [0.25, 0.3) is 0 Å². The lowest BCUT2D eigenvalue weighted by atomic mass is 9.93. The maximum Gasteiger partial charge on any atom is 0.255 e. The van der Waals surface area contributed by atoms with Crippen LogP contribution in [0.1, 0.15) is 35.2 Å². The van der Waals surface area contributed by atoms with Crippen LogP contribution in [0, 0.1) is 5.92 Å². The number of β-amino-alcohol motifs (C(OH)–C–C–N with tert-alkyl or cyclic N) is 1. The Morgan fingerprint density at radius 1 is 1.34 bits per heavy atom. The van der Waals surface area contributed by atoms with Crippen molar-refractivity contribution in [2.75, 3.05) is 53.1 Å². The molecule has 0 aromatic heterocycles. The summed E-state index contributed by atoms with van der Waals surface area (Å²) < 4.78 is 16.8. The summed E-state index contributed by atoms with van der Waals surface area (Å²) >= 11 is 0. The van der Waals surface area contributed by atoms with Crippen molar-refractivity contribution in [1.29, 1.82) is 0 Å². The van der Waals surface area contributed by atoms with E-state index in [1.165, 1.54) is 0 Å². The van der Waals surface area contributed by atoms with Gasteiger partial charge in [-0.3, -0.25) is 4.79 Å². The number of methoxy groups -OCH3 is 1. The van der Waals surface area contributed by atoms with E-state index in [1.807, 2.05) is 6.07 Å². The van der Waals surface area contributed by atoms with Crippen molar-refractivity contribution in [2.45, 2.75) is 32.0 Å². The van der Waals surface area contributed by atoms with Crippen molar-refractivity contribution in [3.63, 3.8) is 0 Å². The van der Waals surface area contributed by atoms with Crippen molar-refractivity contribution in [3.05, 3.63) is 23.3 Å². The maximum absolute atomic E-state index is 12.9. The van der Waals surface area contributed by atoms with Gasteiger partial charge in [0.15, 0.2) is 11.5 Å². The molecule has 0 spiro atoms. The lowest BCUT2D eigenvalue weighted by molar-refractivity contribution is 0.0201. The summed E-state index contributed by atoms with van der Waals surface area (Å²) in [6.45, 7) is 4.18. The van der Waals surface area contributed by atoms with E-state index in [0.717, 1.165) is 31.5 Å². The Kier molecular flexibility index (Phi) is 8.11. The molecule has 0 aliphatic carbocycles. The van der Waals surface area contributed by atoms with E-state index in [1.54, 1.807) is 13.2 Å². The summed E-state index contributed by atoms with van der Waals surface area (Å²) in [5.41, 5.74) is 1.28. The molecule has 0 radical (unpaired) electrons. The minimum atomic E-state index is -0.501. The van der Waals surface area contributed by atoms with Crippen molar-refractivity contribution in [1.82, 2.24) is 10.2 Å². The number of hydrogen-bond acceptors (Lipinski definition) is 7. The monoisotopic (exact) mass is 408 g/mol. The Morgan fingerprint density at radius 3 is 2.93 bits per heavy atom. The van der Waals surface area contributed by atoms with Crippen LogP contribution in [-0.2, 0) is 11.3 Å². The highest BCUT2D eigenvalue weighted by atomic mass is 16.5. The van der Waals surface area contributed by atoms with Crippen molar-refractivity contribution < 1.29 is 29.2 Å². The molecule has 2 aliphatic heterocycles. The molecule has 0 saturated carbocycles. The average molecular weight is 408 g/mol. The van der Waals surface area contributed by atoms with Crippen LogP contribution in [0.2, 0.25) is 0 Å². The van der Waals surface area contributed by atoms with Crippen molar-refractivity contribution >= 4 is 5.91 Å². The Bertz CT molecular complexity index is 683. The molecule has 1 unspecified atom stereocenters. The molecule has 2 atom stereocenters. The Labute approximate surface area is 171 Å². The maximum atomic E-state index is 12.9. The van der Waals surface area contributed by atoms with E-state index in [2.05, 4.69) is 10.2 Å². The zero-order valence-electron chi connectivity index (χ0n) is 17.1. The van der Waals surface area contributed by atoms with E-state index in [9.17, 15) is 9.90 Å². The summed E-state index contributed by atoms with van der Waals surface area (Å²) in [6, 6.07) is 3.63. The minimum Gasteiger partial charge on any atom is -0.490 e. The Hall–Kier alpha value is -1.87. The number of aliphatic hydroxyl groups excluding tert-OH is 2. The third kappa shape index (κ3) is 5.82. The molecule has 1 aromatic rings. The third-order valence-electron chi connectivity index (χ3n) is 5.43. The predicted octanol–water partition coefficient (Wildman–Crippen LogP) is 0.789. The molecule has 3 rings (SSSR count). The summed E-state index contributed by atoms with van der Waals surface area (Å²) in [7, 11) is 1.61. The predicted molar refractivity (Wildman–Crippen MR) is 107 cm³/mol. The highest BCUT2D eigenvalue weighted by Crippen LogP contribution is 2.35. The Morgan fingerprint density at radius 2 is 2.17 bits per heavy atom. The first-order valence-corrected chi connectivity index (χ1v) is 10.3. The number of hydrogen-bond donors (Lipinski definition) is 3. The van der Waals surface area contributed by atoms with Crippen LogP contribution in [-0.4, -0.2) is 80.2 Å². The van der Waals surface area contributed by atoms with Gasteiger partial charge in [0.2, 0.25) is 0 Å². The number of likely N-dealkylation sites (tertiary alicyclic amines) is 1. The van der Waals surface area contributed by atoms with Crippen LogP contribution < -0.4 is 14.8 Å². The molecule has 1 amide bonds. The van der Waals surface area contributed by atoms with Gasteiger partial charge in [-0.2, -0.15) is 0 Å². The first kappa shape index (κ1) is 21.8. The number of fused-ring (bicyclic) bond motifs is 1. The van der Waals surface area contributed by atoms with Gasteiger partial charge in [0.1, 0.15) is 0 Å². The molecule has 8 nitrogen and oxygen atoms in total. The van der Waals surface area contributed by atoms with Gasteiger partial charge in [-0.05, 0) is 37.1 Å². The number of nitrogens with zero attached hydrogens (tertiary/aromatic N) is 1. The number of amides is 1. The van der Waals surface area contributed by atoms with Gasteiger partial charge in [0.05, 0.1) is 31.5 Å². The van der Waals surface area contributed by atoms with E-state index in [4.69, 9.17) is 19.3 Å². The van der Waals surface area contributed by atoms with Gasteiger partial charge in [-0.15, -0.1) is 0 Å². The normalized spacial score (nSPS) is 22.2. The molecule has 1 aromatic carbocycles. The summed E-state index contributed by atoms with van der Waals surface area (Å²) in [5, 5.41) is 22.4. The molecule has 1 fully saturated rings. The molecule has 29 heavy (non-hydrogen) atoms. The number of carbonyl (C=O) groups is 1. The zero-order valence-corrected chi connectivity index (χ0v) is 17.1. The van der Waals surface area contributed by atoms with Crippen LogP contribution in [0.4, 0.5) is 0 Å². The number of carbonyl (C=O) groups excluding carboxylic acids is 1. The fourth-order valence-corrected chi connectivity index (χ4v) is 3.85. The van der Waals surface area contributed by atoms with Crippen LogP contribution >= 0.6 is 0 Å². The second-order valence-corrected chi connectivity index (χ2v) is 7.66. The fourth-order valence-electron chi connectivity index (χ4n) is 3.85. The molecule has 0 bridgehead atoms. The smallest absolute Gasteiger partial charge is 0.255 e. The van der Waals surface area contributed by atoms with Gasteiger partial charge >= 0.3 is 0 Å². The second-order valence-electron chi connectivity index (χ2n) is 7.66. The quantitative estimate of drug-likeness (QED) is 0.585. The molecular weight excluding hydrogens is 376 g/mol. The molecule has 2 heterocycles. The van der Waals surface area contributed by atoms with E-state index >= 15 is 0 Å². The van der Waals surface area contributed by atoms with Crippen molar-refractivity contribution in [2.24, 2.45) is 5.92 Å². The Balaban J connectivity index is 1.64. The topological polar surface area (TPSA) is 100 Å². The molecule has 1 saturated heterocycles. The molecular formula is C21H32N2O6. The zero-order chi connectivity index (χ0) is 20.6. The van der Waals surface area contributed by atoms with E-state index in [0.29, 0.717) is 56.4 Å². The molecule has 8 heteroatoms. The SMILES string of the molecule is COCc1cc2c(c(C(=O)NC[C@@H]3CCN(CCCO)CC3O)c1)OCCCO2. The lowest BCUT2D eigenvalue weighted by Gasteiger charge is -2.36. The molecule has 3 N–H and O–H groups in total. The standard InChI is InChI=1S/C21H32N2O6/c1-27-14-15-10-17(20-19(11-15)28-8-3-9-29-20)21(26)22-12-16-4-6-23(5-2-7-24)13-18(16)25/h10-11,16,18,24-25H,2-9,12-14H2,1H3,(H,22,26)/t16-,18?/m0/s1. The number of rotatable bonds is 8. The summed E-state index contributed by atoms with van der Waals surface area (Å²) in [5.74, 6) is 0.806. The number of benzene rings is 1. The van der Waals surface area contributed by atoms with Crippen LogP contribution in [0.3, 0.4) is 0 Å². The largest absolute Gasteiger partial charge is 0.490 e. The van der Waals surface area contributed by atoms with Crippen LogP contribution in [0.5, 0.6) is 11.5 Å². The minimum absolute atomic E-state index is 0.00209. The number of piperidine rings is 1. The number of aliphatic hydroxyl groups is 2.